The van der Waals surface area contributed by atoms with Crippen LogP contribution in [0.1, 0.15) is 32.3 Å². The molecule has 0 aliphatic carbocycles. The van der Waals surface area contributed by atoms with Crippen LogP contribution in [0.4, 0.5) is 4.79 Å². The van der Waals surface area contributed by atoms with E-state index in [2.05, 4.69) is 0 Å². The van der Waals surface area contributed by atoms with Crippen LogP contribution in [0.25, 0.3) is 6.08 Å². The lowest BCUT2D eigenvalue weighted by molar-refractivity contribution is -0.135. The summed E-state index contributed by atoms with van der Waals surface area (Å²) in [5, 5.41) is -0.112. The van der Waals surface area contributed by atoms with Gasteiger partial charge in [0.05, 0.1) is 23.1 Å². The lowest BCUT2D eigenvalue weighted by Crippen LogP contribution is -2.40. The molecule has 9 heteroatoms. The van der Waals surface area contributed by atoms with Crippen molar-refractivity contribution in [3.8, 4) is 11.5 Å². The maximum absolute atomic E-state index is 12.7. The Kier molecular flexibility index (Phi) is 6.74. The van der Waals surface area contributed by atoms with E-state index >= 15 is 0 Å². The van der Waals surface area contributed by atoms with E-state index in [4.69, 9.17) is 21.1 Å². The zero-order valence-electron chi connectivity index (χ0n) is 16.6. The molecule has 0 N–H and O–H groups in total. The number of imide groups is 1. The fraction of sp³-hybridized carbons (Fsp3) is 0.450. The van der Waals surface area contributed by atoms with Crippen LogP contribution in [0.5, 0.6) is 11.5 Å². The highest BCUT2D eigenvalue weighted by atomic mass is 35.5. The second-order valence-electron chi connectivity index (χ2n) is 7.06. The Bertz CT molecular complexity index is 865. The minimum atomic E-state index is -0.481. The molecule has 2 aliphatic rings. The highest BCUT2D eigenvalue weighted by Gasteiger charge is 2.37. The standard InChI is InChI=1S/C20H23ClN2O5S/c1-12(2)28-18-14(21)8-13(9-15(18)27-3)10-16-19(25)23(20(26)29-16)11-17(24)22-6-4-5-7-22/h8-10,12H,4-7,11H2,1-3H3. The predicted molar refractivity (Wildman–Crippen MR) is 112 cm³/mol. The van der Waals surface area contributed by atoms with Gasteiger partial charge in [-0.2, -0.15) is 0 Å². The van der Waals surface area contributed by atoms with Gasteiger partial charge < -0.3 is 14.4 Å². The Morgan fingerprint density at radius 2 is 1.97 bits per heavy atom. The second-order valence-corrected chi connectivity index (χ2v) is 8.46. The molecule has 0 aromatic heterocycles. The minimum Gasteiger partial charge on any atom is -0.493 e. The highest BCUT2D eigenvalue weighted by Crippen LogP contribution is 2.39. The van der Waals surface area contributed by atoms with Crippen molar-refractivity contribution in [2.24, 2.45) is 0 Å². The number of halogens is 1. The minimum absolute atomic E-state index is 0.0862. The average Bonchev–Trinajstić information content (AvgIpc) is 3.28. The summed E-state index contributed by atoms with van der Waals surface area (Å²) in [5.74, 6) is 0.169. The van der Waals surface area contributed by atoms with Crippen molar-refractivity contribution in [2.45, 2.75) is 32.8 Å². The molecule has 1 aromatic rings. The van der Waals surface area contributed by atoms with E-state index in [1.807, 2.05) is 13.8 Å². The molecule has 3 rings (SSSR count). The van der Waals surface area contributed by atoms with E-state index in [9.17, 15) is 14.4 Å². The van der Waals surface area contributed by atoms with Gasteiger partial charge in [-0.15, -0.1) is 0 Å². The number of benzene rings is 1. The number of amides is 3. The number of methoxy groups -OCH3 is 1. The molecule has 29 heavy (non-hydrogen) atoms. The summed E-state index contributed by atoms with van der Waals surface area (Å²) < 4.78 is 11.0. The molecule has 3 amide bonds. The Morgan fingerprint density at radius 1 is 1.28 bits per heavy atom. The van der Waals surface area contributed by atoms with Gasteiger partial charge in [-0.1, -0.05) is 11.6 Å². The highest BCUT2D eigenvalue weighted by molar-refractivity contribution is 8.18. The maximum atomic E-state index is 12.7. The molecule has 1 aromatic carbocycles. The second kappa shape index (κ2) is 9.09. The quantitative estimate of drug-likeness (QED) is 0.629. The van der Waals surface area contributed by atoms with Gasteiger partial charge in [-0.25, -0.2) is 0 Å². The summed E-state index contributed by atoms with van der Waals surface area (Å²) in [6, 6.07) is 3.33. The van der Waals surface area contributed by atoms with Crippen LogP contribution < -0.4 is 9.47 Å². The molecule has 0 spiro atoms. The normalized spacial score (nSPS) is 18.3. The summed E-state index contributed by atoms with van der Waals surface area (Å²) in [6.45, 7) is 4.88. The zero-order valence-corrected chi connectivity index (χ0v) is 18.1. The monoisotopic (exact) mass is 438 g/mol. The number of hydrogen-bond acceptors (Lipinski definition) is 6. The number of carbonyl (C=O) groups is 3. The average molecular weight is 439 g/mol. The van der Waals surface area contributed by atoms with Gasteiger partial charge in [0.15, 0.2) is 11.5 Å². The molecule has 0 atom stereocenters. The first-order valence-electron chi connectivity index (χ1n) is 9.37. The number of likely N-dealkylation sites (tertiary alicyclic amines) is 1. The van der Waals surface area contributed by atoms with E-state index < -0.39 is 11.1 Å². The molecular formula is C20H23ClN2O5S. The van der Waals surface area contributed by atoms with Crippen molar-refractivity contribution in [1.82, 2.24) is 9.80 Å². The van der Waals surface area contributed by atoms with E-state index in [0.29, 0.717) is 35.2 Å². The first kappa shape index (κ1) is 21.5. The Hall–Kier alpha value is -2.19. The Morgan fingerprint density at radius 3 is 2.59 bits per heavy atom. The third kappa shape index (κ3) is 4.87. The van der Waals surface area contributed by atoms with Crippen LogP contribution in [0.15, 0.2) is 17.0 Å². The van der Waals surface area contributed by atoms with Crippen LogP contribution in [0.2, 0.25) is 5.02 Å². The van der Waals surface area contributed by atoms with Gasteiger partial charge in [0, 0.05) is 13.1 Å². The van der Waals surface area contributed by atoms with Gasteiger partial charge in [-0.3, -0.25) is 19.3 Å². The molecule has 0 unspecified atom stereocenters. The van der Waals surface area contributed by atoms with E-state index in [0.717, 1.165) is 29.5 Å². The molecule has 156 valence electrons. The maximum Gasteiger partial charge on any atom is 0.294 e. The van der Waals surface area contributed by atoms with Crippen molar-refractivity contribution >= 4 is 46.5 Å². The van der Waals surface area contributed by atoms with Crippen molar-refractivity contribution in [3.63, 3.8) is 0 Å². The molecule has 0 bridgehead atoms. The molecule has 2 heterocycles. The van der Waals surface area contributed by atoms with Gasteiger partial charge in [0.25, 0.3) is 11.1 Å². The van der Waals surface area contributed by atoms with E-state index in [1.54, 1.807) is 23.1 Å². The third-order valence-corrected chi connectivity index (χ3v) is 5.72. The van der Waals surface area contributed by atoms with E-state index in [-0.39, 0.29) is 23.5 Å². The summed E-state index contributed by atoms with van der Waals surface area (Å²) in [4.78, 5) is 40.2. The molecular weight excluding hydrogens is 416 g/mol. The van der Waals surface area contributed by atoms with Gasteiger partial charge >= 0.3 is 0 Å². The van der Waals surface area contributed by atoms with Crippen LogP contribution >= 0.6 is 23.4 Å². The summed E-state index contributed by atoms with van der Waals surface area (Å²) in [5.41, 5.74) is 0.597. The number of rotatable bonds is 6. The molecule has 2 aliphatic heterocycles. The first-order valence-corrected chi connectivity index (χ1v) is 10.6. The SMILES string of the molecule is COc1cc(C=C2SC(=O)N(CC(=O)N3CCCC3)C2=O)cc(Cl)c1OC(C)C. The van der Waals surface area contributed by atoms with E-state index in [1.165, 1.54) is 7.11 Å². The number of ether oxygens (including phenoxy) is 2. The summed E-state index contributed by atoms with van der Waals surface area (Å²) >= 11 is 7.13. The van der Waals surface area contributed by atoms with Gasteiger partial charge in [-0.05, 0) is 62.2 Å². The van der Waals surface area contributed by atoms with Gasteiger partial charge in [0.1, 0.15) is 6.54 Å². The van der Waals surface area contributed by atoms with Crippen LogP contribution in [0.3, 0.4) is 0 Å². The number of nitrogens with zero attached hydrogens (tertiary/aromatic N) is 2. The summed E-state index contributed by atoms with van der Waals surface area (Å²) in [7, 11) is 1.50. The topological polar surface area (TPSA) is 76.2 Å². The molecule has 2 saturated heterocycles. The van der Waals surface area contributed by atoms with Crippen molar-refractivity contribution in [1.29, 1.82) is 0 Å². The fourth-order valence-corrected chi connectivity index (χ4v) is 4.26. The largest absolute Gasteiger partial charge is 0.493 e. The lowest BCUT2D eigenvalue weighted by Gasteiger charge is -2.18. The first-order chi connectivity index (χ1) is 13.8. The Balaban J connectivity index is 1.80. The van der Waals surface area contributed by atoms with Crippen molar-refractivity contribution < 1.29 is 23.9 Å². The lowest BCUT2D eigenvalue weighted by atomic mass is 10.1. The smallest absolute Gasteiger partial charge is 0.294 e. The Labute approximate surface area is 178 Å². The third-order valence-electron chi connectivity index (χ3n) is 4.53. The molecule has 0 radical (unpaired) electrons. The summed E-state index contributed by atoms with van der Waals surface area (Å²) in [6.07, 6.45) is 3.38. The fourth-order valence-electron chi connectivity index (χ4n) is 3.16. The molecule has 7 nitrogen and oxygen atoms in total. The van der Waals surface area contributed by atoms with Crippen molar-refractivity contribution in [2.75, 3.05) is 26.7 Å². The van der Waals surface area contributed by atoms with Crippen LogP contribution in [-0.2, 0) is 9.59 Å². The van der Waals surface area contributed by atoms with Crippen LogP contribution in [-0.4, -0.2) is 59.7 Å². The molecule has 0 saturated carbocycles. The van der Waals surface area contributed by atoms with Gasteiger partial charge in [0.2, 0.25) is 5.91 Å². The van der Waals surface area contributed by atoms with Crippen molar-refractivity contribution in [3.05, 3.63) is 27.6 Å². The zero-order chi connectivity index (χ0) is 21.1. The number of carbonyl (C=O) groups excluding carboxylic acids is 3. The number of hydrogen-bond donors (Lipinski definition) is 0. The molecule has 2 fully saturated rings. The predicted octanol–water partition coefficient (Wildman–Crippen LogP) is 3.79. The van der Waals surface area contributed by atoms with Crippen LogP contribution in [0, 0.1) is 0 Å². The number of thioether (sulfide) groups is 1.